The number of nitrogens with zero attached hydrogens (tertiary/aromatic N) is 1. The Labute approximate surface area is 126 Å². The van der Waals surface area contributed by atoms with Gasteiger partial charge in [-0.05, 0) is 39.3 Å². The van der Waals surface area contributed by atoms with E-state index in [9.17, 15) is 5.11 Å². The summed E-state index contributed by atoms with van der Waals surface area (Å²) in [5.74, 6) is 0.386. The molecule has 1 unspecified atom stereocenters. The molecule has 20 heavy (non-hydrogen) atoms. The molecule has 1 aliphatic heterocycles. The summed E-state index contributed by atoms with van der Waals surface area (Å²) in [5.41, 5.74) is 2.42. The Hall–Kier alpha value is -0.770. The molecule has 112 valence electrons. The largest absolute Gasteiger partial charge is 0.396 e. The summed E-state index contributed by atoms with van der Waals surface area (Å²) in [6.45, 7) is 9.41. The van der Waals surface area contributed by atoms with Gasteiger partial charge in [-0.2, -0.15) is 0 Å². The maximum Gasteiger partial charge on any atom is 0.0476 e. The summed E-state index contributed by atoms with van der Waals surface area (Å²) in [6, 6.07) is 6.08. The lowest BCUT2D eigenvalue weighted by Gasteiger charge is -2.26. The molecule has 1 fully saturated rings. The second kappa shape index (κ2) is 6.33. The minimum atomic E-state index is 0.0646. The molecule has 0 saturated carbocycles. The first kappa shape index (κ1) is 15.6. The van der Waals surface area contributed by atoms with Crippen molar-refractivity contribution in [2.24, 2.45) is 5.92 Å². The summed E-state index contributed by atoms with van der Waals surface area (Å²) >= 11 is 6.39. The van der Waals surface area contributed by atoms with Crippen molar-refractivity contribution in [1.82, 2.24) is 5.32 Å². The molecular formula is C16H25ClN2O. The number of aliphatic hydroxyl groups excluding tert-OH is 1. The number of rotatable bonds is 4. The second-order valence-electron chi connectivity index (χ2n) is 6.62. The van der Waals surface area contributed by atoms with Gasteiger partial charge in [0.2, 0.25) is 0 Å². The van der Waals surface area contributed by atoms with Crippen LogP contribution in [0.15, 0.2) is 18.2 Å². The van der Waals surface area contributed by atoms with Crippen LogP contribution in [0.2, 0.25) is 5.02 Å². The van der Waals surface area contributed by atoms with Crippen LogP contribution in [0.5, 0.6) is 0 Å². The number of benzene rings is 1. The average molecular weight is 297 g/mol. The predicted octanol–water partition coefficient (Wildman–Crippen LogP) is 3.05. The zero-order valence-corrected chi connectivity index (χ0v) is 13.4. The minimum Gasteiger partial charge on any atom is -0.396 e. The third-order valence-electron chi connectivity index (χ3n) is 3.77. The smallest absolute Gasteiger partial charge is 0.0476 e. The van der Waals surface area contributed by atoms with Crippen molar-refractivity contribution in [3.05, 3.63) is 28.8 Å². The van der Waals surface area contributed by atoms with E-state index in [-0.39, 0.29) is 12.1 Å². The Morgan fingerprint density at radius 1 is 1.40 bits per heavy atom. The third-order valence-corrected chi connectivity index (χ3v) is 4.13. The van der Waals surface area contributed by atoms with Crippen molar-refractivity contribution in [3.8, 4) is 0 Å². The zero-order valence-electron chi connectivity index (χ0n) is 12.6. The summed E-state index contributed by atoms with van der Waals surface area (Å²) in [5, 5.41) is 13.6. The Morgan fingerprint density at radius 2 is 2.15 bits per heavy atom. The molecule has 0 radical (unpaired) electrons. The standard InChI is InChI=1S/C16H25ClN2O/c1-16(2,3)18-9-13-14(17)5-4-6-15(13)19-8-7-12(10-19)11-20/h4-6,12,18,20H,7-11H2,1-3H3. The van der Waals surface area contributed by atoms with Crippen LogP contribution in [0.4, 0.5) is 5.69 Å². The highest BCUT2D eigenvalue weighted by Gasteiger charge is 2.24. The number of hydrogen-bond acceptors (Lipinski definition) is 3. The van der Waals surface area contributed by atoms with Gasteiger partial charge in [-0.15, -0.1) is 0 Å². The Kier molecular flexibility index (Phi) is 4.95. The van der Waals surface area contributed by atoms with Gasteiger partial charge in [0.1, 0.15) is 0 Å². The zero-order chi connectivity index (χ0) is 14.8. The fourth-order valence-electron chi connectivity index (χ4n) is 2.57. The van der Waals surface area contributed by atoms with Crippen molar-refractivity contribution in [2.45, 2.75) is 39.3 Å². The molecule has 0 aliphatic carbocycles. The first-order valence-corrected chi connectivity index (χ1v) is 7.67. The first-order valence-electron chi connectivity index (χ1n) is 7.29. The second-order valence-corrected chi connectivity index (χ2v) is 7.03. The highest BCUT2D eigenvalue weighted by Crippen LogP contribution is 2.31. The molecule has 0 amide bonds. The van der Waals surface area contributed by atoms with Gasteiger partial charge in [-0.25, -0.2) is 0 Å². The molecule has 4 heteroatoms. The molecule has 1 aliphatic rings. The van der Waals surface area contributed by atoms with E-state index in [0.29, 0.717) is 5.92 Å². The minimum absolute atomic E-state index is 0.0646. The monoisotopic (exact) mass is 296 g/mol. The van der Waals surface area contributed by atoms with Crippen LogP contribution < -0.4 is 10.2 Å². The van der Waals surface area contributed by atoms with Gasteiger partial charge in [-0.3, -0.25) is 0 Å². The normalized spacial score (nSPS) is 19.6. The van der Waals surface area contributed by atoms with E-state index in [1.54, 1.807) is 0 Å². The molecule has 2 rings (SSSR count). The molecule has 1 atom stereocenters. The quantitative estimate of drug-likeness (QED) is 0.896. The van der Waals surface area contributed by atoms with Gasteiger partial charge in [0.25, 0.3) is 0 Å². The lowest BCUT2D eigenvalue weighted by atomic mass is 10.1. The van der Waals surface area contributed by atoms with Gasteiger partial charge < -0.3 is 15.3 Å². The fourth-order valence-corrected chi connectivity index (χ4v) is 2.81. The summed E-state index contributed by atoms with van der Waals surface area (Å²) in [7, 11) is 0. The molecule has 0 spiro atoms. The van der Waals surface area contributed by atoms with E-state index >= 15 is 0 Å². The van der Waals surface area contributed by atoms with Crippen LogP contribution in [0.1, 0.15) is 32.8 Å². The Morgan fingerprint density at radius 3 is 2.75 bits per heavy atom. The number of hydrogen-bond donors (Lipinski definition) is 2. The number of nitrogens with one attached hydrogen (secondary N) is 1. The van der Waals surface area contributed by atoms with Gasteiger partial charge in [0.05, 0.1) is 0 Å². The molecule has 0 bridgehead atoms. The number of anilines is 1. The van der Waals surface area contributed by atoms with Crippen molar-refractivity contribution in [1.29, 1.82) is 0 Å². The van der Waals surface area contributed by atoms with Gasteiger partial charge >= 0.3 is 0 Å². The van der Waals surface area contributed by atoms with E-state index < -0.39 is 0 Å². The summed E-state index contributed by atoms with van der Waals surface area (Å²) in [4.78, 5) is 2.34. The van der Waals surface area contributed by atoms with E-state index in [2.05, 4.69) is 37.1 Å². The Bertz CT molecular complexity index is 456. The highest BCUT2D eigenvalue weighted by molar-refractivity contribution is 6.31. The maximum absolute atomic E-state index is 9.30. The molecule has 1 saturated heterocycles. The van der Waals surface area contributed by atoms with E-state index in [0.717, 1.165) is 36.6 Å². The van der Waals surface area contributed by atoms with Crippen LogP contribution in [0.3, 0.4) is 0 Å². The van der Waals surface area contributed by atoms with Crippen LogP contribution in [0.25, 0.3) is 0 Å². The Balaban J connectivity index is 2.18. The number of halogens is 1. The molecular weight excluding hydrogens is 272 g/mol. The van der Waals surface area contributed by atoms with Gasteiger partial charge in [0, 0.05) is 54.0 Å². The van der Waals surface area contributed by atoms with Gasteiger partial charge in [-0.1, -0.05) is 17.7 Å². The SMILES string of the molecule is CC(C)(C)NCc1c(Cl)cccc1N1CCC(CO)C1. The predicted molar refractivity (Wildman–Crippen MR) is 85.5 cm³/mol. The molecule has 1 aromatic rings. The van der Waals surface area contributed by atoms with Crippen molar-refractivity contribution in [3.63, 3.8) is 0 Å². The van der Waals surface area contributed by atoms with Crippen molar-refractivity contribution < 1.29 is 5.11 Å². The highest BCUT2D eigenvalue weighted by atomic mass is 35.5. The molecule has 2 N–H and O–H groups in total. The fraction of sp³-hybridized carbons (Fsp3) is 0.625. The molecule has 1 aromatic carbocycles. The molecule has 3 nitrogen and oxygen atoms in total. The molecule has 0 aromatic heterocycles. The van der Waals surface area contributed by atoms with E-state index in [4.69, 9.17) is 11.6 Å². The van der Waals surface area contributed by atoms with Crippen molar-refractivity contribution in [2.75, 3.05) is 24.6 Å². The lowest BCUT2D eigenvalue weighted by molar-refractivity contribution is 0.238. The first-order chi connectivity index (χ1) is 9.40. The van der Waals surface area contributed by atoms with Crippen LogP contribution >= 0.6 is 11.6 Å². The van der Waals surface area contributed by atoms with Crippen LogP contribution in [0, 0.1) is 5.92 Å². The van der Waals surface area contributed by atoms with Crippen molar-refractivity contribution >= 4 is 17.3 Å². The number of aliphatic hydroxyl groups is 1. The van der Waals surface area contributed by atoms with E-state index in [1.807, 2.05) is 12.1 Å². The maximum atomic E-state index is 9.30. The van der Waals surface area contributed by atoms with Gasteiger partial charge in [0.15, 0.2) is 0 Å². The van der Waals surface area contributed by atoms with Crippen LogP contribution in [-0.2, 0) is 6.54 Å². The molecule has 1 heterocycles. The lowest BCUT2D eigenvalue weighted by Crippen LogP contribution is -2.35. The van der Waals surface area contributed by atoms with Crippen LogP contribution in [-0.4, -0.2) is 30.3 Å². The van der Waals surface area contributed by atoms with E-state index in [1.165, 1.54) is 5.69 Å². The summed E-state index contributed by atoms with van der Waals surface area (Å²) in [6.07, 6.45) is 1.05. The topological polar surface area (TPSA) is 35.5 Å². The third kappa shape index (κ3) is 3.87. The average Bonchev–Trinajstić information content (AvgIpc) is 2.84. The summed E-state index contributed by atoms with van der Waals surface area (Å²) < 4.78 is 0.